The minimum Gasteiger partial charge on any atom is -0.341 e. The molecule has 0 bridgehead atoms. The van der Waals surface area contributed by atoms with Crippen LogP contribution in [0.15, 0.2) is 72.8 Å². The highest BCUT2D eigenvalue weighted by molar-refractivity contribution is 5.86. The highest BCUT2D eigenvalue weighted by atomic mass is 16.2. The van der Waals surface area contributed by atoms with Gasteiger partial charge in [0.05, 0.1) is 11.5 Å². The van der Waals surface area contributed by atoms with Gasteiger partial charge < -0.3 is 10.2 Å². The smallest absolute Gasteiger partial charge is 0.240 e. The molecule has 0 unspecified atom stereocenters. The van der Waals surface area contributed by atoms with Gasteiger partial charge in [0.2, 0.25) is 11.8 Å². The molecule has 3 aromatic carbocycles. The summed E-state index contributed by atoms with van der Waals surface area (Å²) in [6.45, 7) is 1.14. The molecule has 6 heteroatoms. The molecule has 1 aliphatic heterocycles. The minimum atomic E-state index is -0.532. The topological polar surface area (TPSA) is 64.7 Å². The lowest BCUT2D eigenvalue weighted by atomic mass is 9.73. The second-order valence-electron chi connectivity index (χ2n) is 9.83. The lowest BCUT2D eigenvalue weighted by Gasteiger charge is -2.42. The van der Waals surface area contributed by atoms with E-state index in [1.165, 1.54) is 10.8 Å². The van der Waals surface area contributed by atoms with Crippen LogP contribution in [-0.2, 0) is 22.4 Å². The van der Waals surface area contributed by atoms with Crippen LogP contribution in [0.4, 0.5) is 0 Å². The number of carbonyl (C=O) groups is 2. The monoisotopic (exact) mass is 472 g/mol. The van der Waals surface area contributed by atoms with E-state index in [1.54, 1.807) is 5.01 Å². The summed E-state index contributed by atoms with van der Waals surface area (Å²) in [7, 11) is 5.51. The molecule has 0 spiro atoms. The molecule has 1 saturated heterocycles. The minimum absolute atomic E-state index is 0.0276. The van der Waals surface area contributed by atoms with Crippen molar-refractivity contribution in [1.82, 2.24) is 20.7 Å². The molecule has 1 atom stereocenters. The number of nitrogens with zero attached hydrogens (tertiary/aromatic N) is 2. The Morgan fingerprint density at radius 1 is 0.914 bits per heavy atom. The maximum atomic E-state index is 13.5. The fraction of sp³-hybridized carbons (Fsp3) is 0.379. The van der Waals surface area contributed by atoms with Crippen LogP contribution in [0.1, 0.15) is 24.0 Å². The molecule has 1 heterocycles. The number of rotatable bonds is 8. The van der Waals surface area contributed by atoms with Crippen molar-refractivity contribution in [3.05, 3.63) is 83.9 Å². The summed E-state index contributed by atoms with van der Waals surface area (Å²) in [6, 6.07) is 24.5. The van der Waals surface area contributed by atoms with Crippen molar-refractivity contribution >= 4 is 22.6 Å². The number of hydrazine groups is 1. The van der Waals surface area contributed by atoms with E-state index in [1.807, 2.05) is 56.4 Å². The number of hydrogen-bond acceptors (Lipinski definition) is 4. The van der Waals surface area contributed by atoms with E-state index in [-0.39, 0.29) is 17.9 Å². The van der Waals surface area contributed by atoms with Crippen molar-refractivity contribution < 1.29 is 9.59 Å². The molecule has 6 nitrogen and oxygen atoms in total. The summed E-state index contributed by atoms with van der Waals surface area (Å²) in [5, 5.41) is 7.31. The molecule has 2 N–H and O–H groups in total. The zero-order chi connectivity index (χ0) is 24.8. The summed E-state index contributed by atoms with van der Waals surface area (Å²) in [5.41, 5.74) is 4.73. The Morgan fingerprint density at radius 3 is 2.23 bits per heavy atom. The van der Waals surface area contributed by atoms with Crippen molar-refractivity contribution in [2.45, 2.75) is 31.7 Å². The molecule has 0 aliphatic carbocycles. The van der Waals surface area contributed by atoms with Gasteiger partial charge in [-0.15, -0.1) is 0 Å². The predicted molar refractivity (Wildman–Crippen MR) is 141 cm³/mol. The Morgan fingerprint density at radius 2 is 1.57 bits per heavy atom. The standard InChI is InChI=1S/C29H36N4O2/c1-30-26(20-23-13-14-24-11-7-8-12-25(24)19-23)27(34)33-17-15-29(16-18-33,28(35)31-32(2)3)21-22-9-5-4-6-10-22/h4-14,19,26,30H,15-18,20-21H2,1-3H3,(H,31,35)/t26-/m1/s1. The van der Waals surface area contributed by atoms with Crippen LogP contribution in [0.2, 0.25) is 0 Å². The SMILES string of the molecule is CN[C@H](Cc1ccc2ccccc2c1)C(=O)N1CCC(Cc2ccccc2)(C(=O)NN(C)C)CC1. The van der Waals surface area contributed by atoms with Crippen molar-refractivity contribution in [2.24, 2.45) is 5.41 Å². The fourth-order valence-electron chi connectivity index (χ4n) is 5.08. The van der Waals surface area contributed by atoms with Crippen molar-refractivity contribution in [1.29, 1.82) is 0 Å². The maximum absolute atomic E-state index is 13.5. The van der Waals surface area contributed by atoms with Gasteiger partial charge in [-0.05, 0) is 54.6 Å². The summed E-state index contributed by atoms with van der Waals surface area (Å²) < 4.78 is 0. The zero-order valence-electron chi connectivity index (χ0n) is 21.0. The number of benzene rings is 3. The number of piperidine rings is 1. The number of nitrogens with one attached hydrogen (secondary N) is 2. The Hall–Kier alpha value is -3.22. The van der Waals surface area contributed by atoms with Gasteiger partial charge in [0.15, 0.2) is 0 Å². The molecule has 2 amide bonds. The Balaban J connectivity index is 1.45. The third kappa shape index (κ3) is 5.89. The first-order valence-corrected chi connectivity index (χ1v) is 12.4. The van der Waals surface area contributed by atoms with Gasteiger partial charge in [0.25, 0.3) is 0 Å². The van der Waals surface area contributed by atoms with Gasteiger partial charge in [-0.3, -0.25) is 15.0 Å². The highest BCUT2D eigenvalue weighted by Crippen LogP contribution is 2.36. The van der Waals surface area contributed by atoms with Crippen LogP contribution < -0.4 is 10.7 Å². The van der Waals surface area contributed by atoms with Crippen LogP contribution in [0, 0.1) is 5.41 Å². The van der Waals surface area contributed by atoms with Crippen LogP contribution in [0.25, 0.3) is 10.8 Å². The zero-order valence-corrected chi connectivity index (χ0v) is 21.0. The first kappa shape index (κ1) is 24.9. The molecule has 1 aliphatic rings. The van der Waals surface area contributed by atoms with Crippen molar-refractivity contribution in [3.8, 4) is 0 Å². The number of hydrogen-bond donors (Lipinski definition) is 2. The third-order valence-corrected chi connectivity index (χ3v) is 7.12. The van der Waals surface area contributed by atoms with Gasteiger partial charge >= 0.3 is 0 Å². The molecule has 0 saturated carbocycles. The number of carbonyl (C=O) groups excluding carboxylic acids is 2. The van der Waals surface area contributed by atoms with Gasteiger partial charge in [0.1, 0.15) is 0 Å². The second-order valence-corrected chi connectivity index (χ2v) is 9.83. The lowest BCUT2D eigenvalue weighted by Crippen LogP contribution is -2.56. The van der Waals surface area contributed by atoms with Gasteiger partial charge in [-0.25, -0.2) is 5.01 Å². The number of amides is 2. The molecule has 3 aromatic rings. The Kier molecular flexibility index (Phi) is 7.83. The van der Waals surface area contributed by atoms with Crippen LogP contribution >= 0.6 is 0 Å². The first-order chi connectivity index (χ1) is 16.9. The number of likely N-dealkylation sites (tertiary alicyclic amines) is 1. The quantitative estimate of drug-likeness (QED) is 0.493. The van der Waals surface area contributed by atoms with Crippen LogP contribution in [0.3, 0.4) is 0 Å². The summed E-state index contributed by atoms with van der Waals surface area (Å²) in [4.78, 5) is 28.7. The summed E-state index contributed by atoms with van der Waals surface area (Å²) in [5.74, 6) is 0.127. The van der Waals surface area contributed by atoms with Crippen molar-refractivity contribution in [2.75, 3.05) is 34.2 Å². The Bertz CT molecular complexity index is 1150. The molecular formula is C29H36N4O2. The molecule has 35 heavy (non-hydrogen) atoms. The van der Waals surface area contributed by atoms with Gasteiger partial charge in [-0.1, -0.05) is 72.8 Å². The average molecular weight is 473 g/mol. The van der Waals surface area contributed by atoms with E-state index in [2.05, 4.69) is 53.2 Å². The third-order valence-electron chi connectivity index (χ3n) is 7.12. The van der Waals surface area contributed by atoms with E-state index in [0.29, 0.717) is 38.8 Å². The number of fused-ring (bicyclic) bond motifs is 1. The summed E-state index contributed by atoms with van der Waals surface area (Å²) in [6.07, 6.45) is 2.58. The van der Waals surface area contributed by atoms with E-state index in [0.717, 1.165) is 11.1 Å². The van der Waals surface area contributed by atoms with E-state index in [9.17, 15) is 9.59 Å². The Labute approximate surface area is 208 Å². The molecule has 1 fully saturated rings. The fourth-order valence-corrected chi connectivity index (χ4v) is 5.08. The van der Waals surface area contributed by atoms with E-state index >= 15 is 0 Å². The van der Waals surface area contributed by atoms with Crippen LogP contribution in [0.5, 0.6) is 0 Å². The van der Waals surface area contributed by atoms with Gasteiger partial charge in [-0.2, -0.15) is 0 Å². The van der Waals surface area contributed by atoms with Crippen LogP contribution in [-0.4, -0.2) is 62.0 Å². The molecule has 0 radical (unpaired) electrons. The predicted octanol–water partition coefficient (Wildman–Crippen LogP) is 3.41. The molecule has 184 valence electrons. The maximum Gasteiger partial charge on any atom is 0.240 e. The molecular weight excluding hydrogens is 436 g/mol. The normalized spacial score (nSPS) is 16.3. The average Bonchev–Trinajstić information content (AvgIpc) is 2.87. The van der Waals surface area contributed by atoms with E-state index < -0.39 is 5.41 Å². The molecule has 0 aromatic heterocycles. The first-order valence-electron chi connectivity index (χ1n) is 12.4. The second kappa shape index (κ2) is 11.0. The molecule has 4 rings (SSSR count). The summed E-state index contributed by atoms with van der Waals surface area (Å²) >= 11 is 0. The lowest BCUT2D eigenvalue weighted by molar-refractivity contribution is -0.144. The van der Waals surface area contributed by atoms with Gasteiger partial charge in [0, 0.05) is 27.2 Å². The van der Waals surface area contributed by atoms with E-state index in [4.69, 9.17) is 0 Å². The van der Waals surface area contributed by atoms with Crippen molar-refractivity contribution in [3.63, 3.8) is 0 Å². The number of likely N-dealkylation sites (N-methyl/N-ethyl adjacent to an activating group) is 1. The largest absolute Gasteiger partial charge is 0.341 e. The highest BCUT2D eigenvalue weighted by Gasteiger charge is 2.43.